The number of rotatable bonds is 18. The number of Topliss-reactive ketones (excluding diaryl/α,β-unsaturated/α-hetero) is 3. The molecule has 0 radical (unpaired) electrons. The minimum Gasteiger partial charge on any atom is -0.496 e. The van der Waals surface area contributed by atoms with Crippen molar-refractivity contribution in [1.29, 1.82) is 5.41 Å². The third kappa shape index (κ3) is 10.7. The highest BCUT2D eigenvalue weighted by molar-refractivity contribution is 7.89. The van der Waals surface area contributed by atoms with E-state index in [1.165, 1.54) is 14.0 Å². The fraction of sp³-hybridized carbons (Fsp3) is 0.541. The van der Waals surface area contributed by atoms with Gasteiger partial charge in [0.05, 0.1) is 18.0 Å². The summed E-state index contributed by atoms with van der Waals surface area (Å²) in [5, 5.41) is 7.90. The van der Waals surface area contributed by atoms with Crippen LogP contribution in [0.25, 0.3) is 0 Å². The van der Waals surface area contributed by atoms with Crippen molar-refractivity contribution in [3.8, 4) is 5.75 Å². The zero-order valence-corrected chi connectivity index (χ0v) is 30.1. The van der Waals surface area contributed by atoms with Crippen LogP contribution in [-0.4, -0.2) is 68.5 Å². The van der Waals surface area contributed by atoms with Gasteiger partial charge in [0.1, 0.15) is 17.3 Å². The number of hydrogen-bond donors (Lipinski definition) is 2. The molecule has 1 aliphatic heterocycles. The smallest absolute Gasteiger partial charge is 0.241 e. The Labute approximate surface area is 285 Å². The van der Waals surface area contributed by atoms with Crippen LogP contribution in [0.2, 0.25) is 0 Å². The maximum absolute atomic E-state index is 14.1. The van der Waals surface area contributed by atoms with Crippen LogP contribution in [-0.2, 0) is 35.6 Å². The number of aryl methyl sites for hydroxylation is 1. The van der Waals surface area contributed by atoms with Gasteiger partial charge in [0.15, 0.2) is 5.78 Å². The lowest BCUT2D eigenvalue weighted by Gasteiger charge is -2.31. The van der Waals surface area contributed by atoms with Gasteiger partial charge in [-0.25, -0.2) is 13.1 Å². The van der Waals surface area contributed by atoms with Gasteiger partial charge in [-0.05, 0) is 107 Å². The zero-order valence-electron chi connectivity index (χ0n) is 29.2. The summed E-state index contributed by atoms with van der Waals surface area (Å²) in [5.74, 6) is -1.18. The highest BCUT2D eigenvalue weighted by Crippen LogP contribution is 2.31. The quantitative estimate of drug-likeness (QED) is 0.154. The van der Waals surface area contributed by atoms with E-state index in [9.17, 15) is 27.6 Å². The molecule has 1 saturated heterocycles. The molecular formula is C37H51N3O7S. The van der Waals surface area contributed by atoms with Gasteiger partial charge in [-0.3, -0.25) is 14.4 Å². The highest BCUT2D eigenvalue weighted by atomic mass is 32.2. The number of hydrogen-bond acceptors (Lipinski definition) is 8. The number of likely N-dealkylation sites (tertiary alicyclic amines) is 1. The van der Waals surface area contributed by atoms with Gasteiger partial charge in [-0.2, -0.15) is 0 Å². The number of ether oxygens (including phenoxy) is 1. The van der Waals surface area contributed by atoms with Gasteiger partial charge in [0.2, 0.25) is 15.9 Å². The summed E-state index contributed by atoms with van der Waals surface area (Å²) in [6, 6.07) is 7.56. The van der Waals surface area contributed by atoms with E-state index < -0.39 is 27.8 Å². The summed E-state index contributed by atoms with van der Waals surface area (Å²) < 4.78 is 35.9. The minimum absolute atomic E-state index is 0.0232. The van der Waals surface area contributed by atoms with E-state index in [4.69, 9.17) is 10.1 Å². The molecule has 0 unspecified atom stereocenters. The van der Waals surface area contributed by atoms with Gasteiger partial charge in [-0.15, -0.1) is 0 Å². The summed E-state index contributed by atoms with van der Waals surface area (Å²) in [6.07, 6.45) is 3.86. The van der Waals surface area contributed by atoms with E-state index in [1.807, 2.05) is 24.3 Å². The molecule has 0 bridgehead atoms. The van der Waals surface area contributed by atoms with Crippen molar-refractivity contribution >= 4 is 39.0 Å². The van der Waals surface area contributed by atoms with Crippen molar-refractivity contribution < 1.29 is 32.3 Å². The Kier molecular flexibility index (Phi) is 14.2. The number of carbonyl (C=O) groups excluding carboxylic acids is 4. The van der Waals surface area contributed by atoms with Gasteiger partial charge in [-0.1, -0.05) is 24.3 Å². The number of nitrogens with zero attached hydrogens (tertiary/aromatic N) is 1. The molecule has 2 aromatic carbocycles. The molecule has 48 heavy (non-hydrogen) atoms. The van der Waals surface area contributed by atoms with Crippen molar-refractivity contribution in [1.82, 2.24) is 9.62 Å². The second kappa shape index (κ2) is 17.6. The number of ketones is 3. The Morgan fingerprint density at radius 2 is 1.54 bits per heavy atom. The number of unbranched alkanes of at least 4 members (excludes halogenated alkanes) is 1. The van der Waals surface area contributed by atoms with Gasteiger partial charge in [0.25, 0.3) is 0 Å². The number of piperidine rings is 1. The van der Waals surface area contributed by atoms with E-state index in [0.29, 0.717) is 60.5 Å². The van der Waals surface area contributed by atoms with E-state index >= 15 is 0 Å². The van der Waals surface area contributed by atoms with Crippen LogP contribution >= 0.6 is 0 Å². The molecule has 0 aliphatic carbocycles. The second-order valence-electron chi connectivity index (χ2n) is 13.1. The predicted molar refractivity (Wildman–Crippen MR) is 186 cm³/mol. The predicted octanol–water partition coefficient (Wildman–Crippen LogP) is 5.59. The Morgan fingerprint density at radius 3 is 2.12 bits per heavy atom. The maximum Gasteiger partial charge on any atom is 0.241 e. The maximum atomic E-state index is 14.1. The van der Waals surface area contributed by atoms with Gasteiger partial charge < -0.3 is 19.8 Å². The Bertz CT molecular complexity index is 1610. The monoisotopic (exact) mass is 681 g/mol. The molecule has 3 rings (SSSR count). The van der Waals surface area contributed by atoms with Crippen molar-refractivity contribution in [2.45, 2.75) is 110 Å². The minimum atomic E-state index is -4.28. The molecular weight excluding hydrogens is 630 g/mol. The van der Waals surface area contributed by atoms with E-state index in [1.54, 1.807) is 38.7 Å². The average Bonchev–Trinajstić information content (AvgIpc) is 3.04. The number of benzene rings is 2. The molecule has 262 valence electrons. The number of carbonyl (C=O) groups is 4. The molecule has 1 heterocycles. The average molecular weight is 682 g/mol. The van der Waals surface area contributed by atoms with Crippen LogP contribution in [0.4, 0.5) is 0 Å². The molecule has 2 atom stereocenters. The first-order valence-corrected chi connectivity index (χ1v) is 18.3. The molecule has 2 aromatic rings. The third-order valence-corrected chi connectivity index (χ3v) is 10.9. The molecule has 0 spiro atoms. The van der Waals surface area contributed by atoms with Gasteiger partial charge >= 0.3 is 0 Å². The van der Waals surface area contributed by atoms with Crippen molar-refractivity contribution in [3.63, 3.8) is 0 Å². The van der Waals surface area contributed by atoms with Crippen LogP contribution in [0.3, 0.4) is 0 Å². The topological polar surface area (TPSA) is 151 Å². The Balaban J connectivity index is 1.95. The lowest BCUT2D eigenvalue weighted by Crippen LogP contribution is -2.46. The highest BCUT2D eigenvalue weighted by Gasteiger charge is 2.34. The number of methoxy groups -OCH3 is 1. The van der Waals surface area contributed by atoms with Crippen LogP contribution in [0, 0.1) is 32.1 Å². The van der Waals surface area contributed by atoms with Crippen molar-refractivity contribution in [2.75, 3.05) is 20.2 Å². The Morgan fingerprint density at radius 1 is 0.917 bits per heavy atom. The number of amides is 1. The van der Waals surface area contributed by atoms with Crippen LogP contribution in [0.15, 0.2) is 35.2 Å². The molecule has 0 saturated carbocycles. The first-order valence-electron chi connectivity index (χ1n) is 16.8. The Hall–Kier alpha value is -3.70. The molecule has 2 N–H and O–H groups in total. The molecule has 0 aromatic heterocycles. The molecule has 11 heteroatoms. The fourth-order valence-electron chi connectivity index (χ4n) is 6.32. The summed E-state index contributed by atoms with van der Waals surface area (Å²) in [5.41, 5.74) is 3.54. The van der Waals surface area contributed by atoms with Crippen LogP contribution in [0.5, 0.6) is 5.75 Å². The summed E-state index contributed by atoms with van der Waals surface area (Å²) in [7, 11) is -2.77. The van der Waals surface area contributed by atoms with Crippen molar-refractivity contribution in [2.24, 2.45) is 5.92 Å². The van der Waals surface area contributed by atoms with E-state index in [0.717, 1.165) is 30.4 Å². The normalized spacial score (nSPS) is 14.7. The molecule has 1 fully saturated rings. The largest absolute Gasteiger partial charge is 0.496 e. The summed E-state index contributed by atoms with van der Waals surface area (Å²) in [4.78, 5) is 54.3. The third-order valence-electron chi connectivity index (χ3n) is 9.15. The summed E-state index contributed by atoms with van der Waals surface area (Å²) >= 11 is 0. The molecule has 10 nitrogen and oxygen atoms in total. The molecule has 1 aliphatic rings. The first-order chi connectivity index (χ1) is 22.6. The lowest BCUT2D eigenvalue weighted by atomic mass is 9.89. The van der Waals surface area contributed by atoms with Gasteiger partial charge in [0, 0.05) is 50.4 Å². The van der Waals surface area contributed by atoms with Crippen LogP contribution in [0.1, 0.15) is 99.5 Å². The van der Waals surface area contributed by atoms with Crippen molar-refractivity contribution in [3.05, 3.63) is 58.1 Å². The SMILES string of the molecule is COc1cc(C)c(S(=O)(=O)N[C@@H](CC(=O)CCCCC(C)=O)C(=O)C[C@H](Cc2ccc(C(C)=N)cc2)C(=O)N2CCCCC2)c(C)c1C. The van der Waals surface area contributed by atoms with Crippen LogP contribution < -0.4 is 9.46 Å². The lowest BCUT2D eigenvalue weighted by molar-refractivity contribution is -0.139. The standard InChI is InChI=1S/C37H51N3O7S/c1-24-20-35(47-6)26(3)27(4)36(24)48(45,46)39-33(23-32(42)13-9-8-12-25(2)41)34(43)22-31(37(44)40-18-10-7-11-19-40)21-29-14-16-30(17-15-29)28(5)38/h14-17,20,31,33,38-39H,7-13,18-19,21-23H2,1-6H3/t31-,33-/m0/s1. The second-order valence-corrected chi connectivity index (χ2v) is 14.7. The van der Waals surface area contributed by atoms with E-state index in [-0.39, 0.29) is 48.1 Å². The fourth-order valence-corrected chi connectivity index (χ4v) is 8.07. The number of nitrogens with one attached hydrogen (secondary N) is 2. The molecule has 1 amide bonds. The zero-order chi connectivity index (χ0) is 35.6. The first kappa shape index (κ1) is 38.7. The number of sulfonamides is 1. The van der Waals surface area contributed by atoms with E-state index in [2.05, 4.69) is 4.72 Å². The summed E-state index contributed by atoms with van der Waals surface area (Å²) in [6.45, 7) is 9.46.